The monoisotopic (exact) mass is 669 g/mol. The zero-order chi connectivity index (χ0) is 34.6. The molecule has 0 unspecified atom stereocenters. The molecule has 48 heavy (non-hydrogen) atoms. The first-order valence-corrected chi connectivity index (χ1v) is 16.6. The van der Waals surface area contributed by atoms with Crippen LogP contribution in [-0.4, -0.2) is 88.8 Å². The smallest absolute Gasteiger partial charge is 0.200 e. The summed E-state index contributed by atoms with van der Waals surface area (Å²) >= 11 is 0. The average molecular weight is 670 g/mol. The second kappa shape index (κ2) is 18.1. The number of aromatic nitrogens is 1. The number of hydrogen-bond acceptors (Lipinski definition) is 12. The molecule has 0 spiro atoms. The van der Waals surface area contributed by atoms with Crippen LogP contribution in [0.15, 0.2) is 48.7 Å². The third-order valence-electron chi connectivity index (χ3n) is 9.00. The second-order valence-electron chi connectivity index (χ2n) is 12.2. The predicted molar refractivity (Wildman–Crippen MR) is 182 cm³/mol. The van der Waals surface area contributed by atoms with E-state index < -0.39 is 24.2 Å². The number of phenols is 2. The molecule has 12 nitrogen and oxygen atoms in total. The van der Waals surface area contributed by atoms with E-state index in [0.29, 0.717) is 68.6 Å². The number of nitrogens with one attached hydrogen (secondary N) is 1. The van der Waals surface area contributed by atoms with E-state index in [4.69, 9.17) is 24.7 Å². The molecule has 8 N–H and O–H groups in total. The number of nitrogens with zero attached hydrogens (tertiary/aromatic N) is 1. The number of nitrogens with two attached hydrogens (primary N) is 1. The number of benzene rings is 2. The van der Waals surface area contributed by atoms with E-state index in [9.17, 15) is 25.5 Å². The number of hydrogen-bond donors (Lipinski definition) is 7. The SMILES string of the molecule is CCN[C@H](CCc1ccnc(N)c1)[C@H](CCO)Oc1cc([C@H]2O[C@@H](CCc3ccc(O)c(OC)c3)C[C@H](O)[C@H]2CCO)cc(OC)c1O. The highest BCUT2D eigenvalue weighted by Crippen LogP contribution is 2.46. The number of methoxy groups -OCH3 is 2. The fourth-order valence-electron chi connectivity index (χ4n) is 6.52. The second-order valence-corrected chi connectivity index (χ2v) is 12.2. The van der Waals surface area contributed by atoms with Crippen molar-refractivity contribution >= 4 is 5.82 Å². The Kier molecular flexibility index (Phi) is 14.0. The molecular weight excluding hydrogens is 618 g/mol. The summed E-state index contributed by atoms with van der Waals surface area (Å²) in [7, 11) is 2.95. The third kappa shape index (κ3) is 9.64. The summed E-state index contributed by atoms with van der Waals surface area (Å²) in [6.07, 6.45) is 3.06. The lowest BCUT2D eigenvalue weighted by atomic mass is 9.82. The van der Waals surface area contributed by atoms with Crippen LogP contribution in [0, 0.1) is 5.92 Å². The van der Waals surface area contributed by atoms with Gasteiger partial charge in [-0.25, -0.2) is 4.98 Å². The third-order valence-corrected chi connectivity index (χ3v) is 9.00. The van der Waals surface area contributed by atoms with Crippen LogP contribution in [0.2, 0.25) is 0 Å². The molecule has 1 aromatic heterocycles. The number of anilines is 1. The van der Waals surface area contributed by atoms with E-state index in [1.807, 2.05) is 25.1 Å². The van der Waals surface area contributed by atoms with Crippen molar-refractivity contribution in [3.63, 3.8) is 0 Å². The standard InChI is InChI=1S/C36H51N3O9/c1-4-38-27(9-6-23-11-14-39-34(37)18-23)30(13-16-41)48-33-20-24(19-32(46-3)35(33)44)36-26(12-15-40)29(43)21-25(47-36)8-5-22-7-10-28(42)31(17-22)45-2/h7,10-11,14,17-20,25-27,29-30,36,38,40-44H,4-6,8-9,12-13,15-16,21H2,1-3H3,(H2,37,39)/t25-,26+,27+,29-,30-,36+/m0/s1. The maximum Gasteiger partial charge on any atom is 0.200 e. The summed E-state index contributed by atoms with van der Waals surface area (Å²) in [6.45, 7) is 2.40. The molecule has 0 amide bonds. The highest BCUT2D eigenvalue weighted by Gasteiger charge is 2.39. The minimum atomic E-state index is -0.748. The number of aryl methyl sites for hydroxylation is 2. The molecule has 12 heteroatoms. The maximum atomic E-state index is 11.3. The molecule has 0 bridgehead atoms. The Morgan fingerprint density at radius 2 is 1.69 bits per heavy atom. The first kappa shape index (κ1) is 37.0. The minimum Gasteiger partial charge on any atom is -0.504 e. The van der Waals surface area contributed by atoms with Crippen LogP contribution in [0.3, 0.4) is 0 Å². The molecule has 1 fully saturated rings. The molecule has 264 valence electrons. The van der Waals surface area contributed by atoms with E-state index in [-0.39, 0.29) is 48.4 Å². The molecule has 1 aliphatic rings. The van der Waals surface area contributed by atoms with Gasteiger partial charge >= 0.3 is 0 Å². The lowest BCUT2D eigenvalue weighted by Gasteiger charge is -2.40. The van der Waals surface area contributed by atoms with Crippen LogP contribution in [0.1, 0.15) is 61.8 Å². The van der Waals surface area contributed by atoms with Crippen LogP contribution in [0.25, 0.3) is 0 Å². The molecule has 4 rings (SSSR count). The predicted octanol–water partition coefficient (Wildman–Crippen LogP) is 3.66. The van der Waals surface area contributed by atoms with Gasteiger partial charge in [0, 0.05) is 37.8 Å². The minimum absolute atomic E-state index is 0.0637. The summed E-state index contributed by atoms with van der Waals surface area (Å²) in [4.78, 5) is 4.07. The maximum absolute atomic E-state index is 11.3. The van der Waals surface area contributed by atoms with Gasteiger partial charge in [0.05, 0.1) is 32.5 Å². The van der Waals surface area contributed by atoms with Crippen molar-refractivity contribution < 1.29 is 44.5 Å². The van der Waals surface area contributed by atoms with Gasteiger partial charge in [-0.2, -0.15) is 0 Å². The van der Waals surface area contributed by atoms with Crippen molar-refractivity contribution in [1.82, 2.24) is 10.3 Å². The van der Waals surface area contributed by atoms with Crippen LogP contribution >= 0.6 is 0 Å². The zero-order valence-electron chi connectivity index (χ0n) is 28.0. The lowest BCUT2D eigenvalue weighted by Crippen LogP contribution is -2.44. The number of aliphatic hydroxyl groups excluding tert-OH is 3. The summed E-state index contributed by atoms with van der Waals surface area (Å²) in [5.74, 6) is 0.636. The van der Waals surface area contributed by atoms with E-state index in [0.717, 1.165) is 11.1 Å². The number of rotatable bonds is 18. The van der Waals surface area contributed by atoms with Gasteiger partial charge in [-0.1, -0.05) is 13.0 Å². The van der Waals surface area contributed by atoms with E-state index >= 15 is 0 Å². The quantitative estimate of drug-likeness (QED) is 0.104. The number of phenolic OH excluding ortho intramolecular Hbond substituents is 2. The fourth-order valence-corrected chi connectivity index (χ4v) is 6.52. The topological polar surface area (TPSA) is 189 Å². The van der Waals surface area contributed by atoms with Crippen LogP contribution in [0.4, 0.5) is 5.82 Å². The Labute approximate surface area is 282 Å². The van der Waals surface area contributed by atoms with E-state index in [1.54, 1.807) is 30.5 Å². The van der Waals surface area contributed by atoms with Crippen molar-refractivity contribution in [3.05, 3.63) is 65.4 Å². The Hall–Kier alpha value is -3.81. The number of likely N-dealkylation sites (N-methyl/N-ethyl adjacent to an activating group) is 1. The molecule has 2 aromatic carbocycles. The largest absolute Gasteiger partial charge is 0.504 e. The molecule has 0 saturated carbocycles. The van der Waals surface area contributed by atoms with Crippen LogP contribution < -0.4 is 25.3 Å². The molecular formula is C36H51N3O9. The molecule has 0 radical (unpaired) electrons. The Morgan fingerprint density at radius 3 is 2.38 bits per heavy atom. The number of nitrogen functional groups attached to an aromatic ring is 1. The normalized spacial score (nSPS) is 20.6. The van der Waals surface area contributed by atoms with Gasteiger partial charge in [0.2, 0.25) is 5.75 Å². The van der Waals surface area contributed by atoms with Gasteiger partial charge in [0.15, 0.2) is 23.0 Å². The van der Waals surface area contributed by atoms with Crippen molar-refractivity contribution in [1.29, 1.82) is 0 Å². The van der Waals surface area contributed by atoms with Crippen molar-refractivity contribution in [2.75, 3.05) is 39.7 Å². The first-order chi connectivity index (χ1) is 23.2. The first-order valence-electron chi connectivity index (χ1n) is 16.6. The van der Waals surface area contributed by atoms with Gasteiger partial charge in [-0.15, -0.1) is 0 Å². The molecule has 2 heterocycles. The Balaban J connectivity index is 1.59. The molecule has 1 aliphatic heterocycles. The molecule has 6 atom stereocenters. The summed E-state index contributed by atoms with van der Waals surface area (Å²) in [6, 6.07) is 12.1. The number of ether oxygens (including phenoxy) is 4. The van der Waals surface area contributed by atoms with Gasteiger partial charge in [-0.05, 0) is 98.2 Å². The summed E-state index contributed by atoms with van der Waals surface area (Å²) in [5.41, 5.74) is 8.49. The lowest BCUT2D eigenvalue weighted by molar-refractivity contribution is -0.144. The van der Waals surface area contributed by atoms with Crippen molar-refractivity contribution in [2.45, 2.75) is 82.3 Å². The number of aromatic hydroxyl groups is 2. The highest BCUT2D eigenvalue weighted by molar-refractivity contribution is 5.53. The fraction of sp³-hybridized carbons (Fsp3) is 0.528. The van der Waals surface area contributed by atoms with Crippen LogP contribution in [0.5, 0.6) is 28.7 Å². The van der Waals surface area contributed by atoms with E-state index in [2.05, 4.69) is 10.3 Å². The summed E-state index contributed by atoms with van der Waals surface area (Å²) in [5, 5.41) is 55.8. The van der Waals surface area contributed by atoms with Gasteiger partial charge in [0.1, 0.15) is 11.9 Å². The number of pyridine rings is 1. The van der Waals surface area contributed by atoms with Gasteiger partial charge < -0.3 is 55.5 Å². The zero-order valence-corrected chi connectivity index (χ0v) is 28.0. The molecule has 3 aromatic rings. The van der Waals surface area contributed by atoms with Gasteiger partial charge in [0.25, 0.3) is 0 Å². The molecule has 0 aliphatic carbocycles. The highest BCUT2D eigenvalue weighted by atomic mass is 16.5. The Morgan fingerprint density at radius 1 is 0.938 bits per heavy atom. The van der Waals surface area contributed by atoms with Crippen LogP contribution in [-0.2, 0) is 17.6 Å². The molecule has 1 saturated heterocycles. The van der Waals surface area contributed by atoms with Crippen molar-refractivity contribution in [2.24, 2.45) is 5.92 Å². The van der Waals surface area contributed by atoms with E-state index in [1.165, 1.54) is 14.2 Å². The Bertz CT molecular complexity index is 1440. The average Bonchev–Trinajstić information content (AvgIpc) is 3.08. The van der Waals surface area contributed by atoms with Crippen molar-refractivity contribution in [3.8, 4) is 28.7 Å². The number of aliphatic hydroxyl groups is 3. The summed E-state index contributed by atoms with van der Waals surface area (Å²) < 4.78 is 23.9. The van der Waals surface area contributed by atoms with Gasteiger partial charge in [-0.3, -0.25) is 0 Å².